The molecule has 2 amide bonds. The number of likely N-dealkylation sites (tertiary alicyclic amines) is 2. The van der Waals surface area contributed by atoms with Crippen LogP contribution in [0.15, 0.2) is 78.9 Å². The summed E-state index contributed by atoms with van der Waals surface area (Å²) in [5.41, 5.74) is 4.55. The molecule has 198 valence electrons. The number of nitrogens with zero attached hydrogens (tertiary/aromatic N) is 2. The Bertz CT molecular complexity index is 1230. The number of rotatable bonds is 8. The summed E-state index contributed by atoms with van der Waals surface area (Å²) in [5, 5.41) is 13.7. The lowest BCUT2D eigenvalue weighted by Gasteiger charge is -2.26. The van der Waals surface area contributed by atoms with Gasteiger partial charge in [0.15, 0.2) is 6.10 Å². The Kier molecular flexibility index (Phi) is 7.91. The summed E-state index contributed by atoms with van der Waals surface area (Å²) >= 11 is 0. The van der Waals surface area contributed by atoms with E-state index in [0.717, 1.165) is 61.4 Å². The van der Waals surface area contributed by atoms with Crippen molar-refractivity contribution >= 4 is 11.8 Å². The van der Waals surface area contributed by atoms with Gasteiger partial charge in [0.25, 0.3) is 11.8 Å². The van der Waals surface area contributed by atoms with E-state index in [9.17, 15) is 14.7 Å². The zero-order valence-corrected chi connectivity index (χ0v) is 22.2. The van der Waals surface area contributed by atoms with E-state index in [4.69, 9.17) is 0 Å². The molecule has 5 rings (SSSR count). The number of benzene rings is 3. The van der Waals surface area contributed by atoms with Crippen molar-refractivity contribution in [1.82, 2.24) is 15.1 Å². The molecule has 2 fully saturated rings. The first-order valence-corrected chi connectivity index (χ1v) is 13.6. The first kappa shape index (κ1) is 26.1. The monoisotopic (exact) mass is 511 g/mol. The van der Waals surface area contributed by atoms with E-state index in [2.05, 4.69) is 10.2 Å². The number of aliphatic hydroxyl groups is 1. The molecule has 38 heavy (non-hydrogen) atoms. The molecule has 3 aromatic carbocycles. The summed E-state index contributed by atoms with van der Waals surface area (Å²) in [5.74, 6) is 0.732. The average molecular weight is 512 g/mol. The Balaban J connectivity index is 1.18. The third-order valence-corrected chi connectivity index (χ3v) is 8.16. The molecule has 4 atom stereocenters. The summed E-state index contributed by atoms with van der Waals surface area (Å²) in [6.45, 7) is 8.40. The number of hydrogen-bond acceptors (Lipinski definition) is 4. The molecule has 6 heteroatoms. The molecule has 3 aromatic rings. The number of aliphatic hydroxyl groups excluding tert-OH is 1. The predicted octanol–water partition coefficient (Wildman–Crippen LogP) is 4.29. The van der Waals surface area contributed by atoms with Crippen LogP contribution in [-0.4, -0.2) is 59.4 Å². The SMILES string of the molecule is Cc1cccc(C)c1C(=O)N1CC2CN(CC[C@H](NC(=O)C(O)c3ccccc3)c3ccccc3)CC2C1. The minimum Gasteiger partial charge on any atom is -0.378 e. The van der Waals surface area contributed by atoms with Crippen LogP contribution in [0.3, 0.4) is 0 Å². The molecular formula is C32H37N3O3. The van der Waals surface area contributed by atoms with Crippen molar-refractivity contribution in [3.05, 3.63) is 107 Å². The van der Waals surface area contributed by atoms with Crippen LogP contribution in [-0.2, 0) is 4.79 Å². The first-order valence-electron chi connectivity index (χ1n) is 13.6. The molecule has 6 nitrogen and oxygen atoms in total. The van der Waals surface area contributed by atoms with Crippen molar-refractivity contribution in [3.63, 3.8) is 0 Å². The number of amides is 2. The van der Waals surface area contributed by atoms with Crippen LogP contribution >= 0.6 is 0 Å². The van der Waals surface area contributed by atoms with Gasteiger partial charge < -0.3 is 20.2 Å². The second kappa shape index (κ2) is 11.5. The molecule has 0 spiro atoms. The van der Waals surface area contributed by atoms with Gasteiger partial charge in [0, 0.05) is 38.3 Å². The molecule has 2 N–H and O–H groups in total. The largest absolute Gasteiger partial charge is 0.378 e. The van der Waals surface area contributed by atoms with E-state index in [-0.39, 0.29) is 17.9 Å². The van der Waals surface area contributed by atoms with Crippen molar-refractivity contribution in [1.29, 1.82) is 0 Å². The van der Waals surface area contributed by atoms with Gasteiger partial charge in [-0.15, -0.1) is 0 Å². The zero-order chi connectivity index (χ0) is 26.6. The molecule has 0 aliphatic carbocycles. The molecule has 0 radical (unpaired) electrons. The maximum atomic E-state index is 13.3. The predicted molar refractivity (Wildman–Crippen MR) is 149 cm³/mol. The molecule has 2 aliphatic rings. The van der Waals surface area contributed by atoms with Gasteiger partial charge in [0.2, 0.25) is 0 Å². The normalized spacial score (nSPS) is 20.7. The lowest BCUT2D eigenvalue weighted by molar-refractivity contribution is -0.130. The second-order valence-corrected chi connectivity index (χ2v) is 10.8. The zero-order valence-electron chi connectivity index (χ0n) is 22.2. The van der Waals surface area contributed by atoms with Gasteiger partial charge >= 0.3 is 0 Å². The Morgan fingerprint density at radius 1 is 0.816 bits per heavy atom. The molecule has 2 heterocycles. The molecule has 0 bridgehead atoms. The highest BCUT2D eigenvalue weighted by Gasteiger charge is 2.42. The third kappa shape index (κ3) is 5.66. The number of carbonyl (C=O) groups excluding carboxylic acids is 2. The average Bonchev–Trinajstić information content (AvgIpc) is 3.50. The highest BCUT2D eigenvalue weighted by Crippen LogP contribution is 2.33. The molecular weight excluding hydrogens is 474 g/mol. The smallest absolute Gasteiger partial charge is 0.254 e. The number of nitrogens with one attached hydrogen (secondary N) is 1. The number of aryl methyl sites for hydroxylation is 2. The summed E-state index contributed by atoms with van der Waals surface area (Å²) in [6, 6.07) is 24.8. The lowest BCUT2D eigenvalue weighted by atomic mass is 10.0. The maximum absolute atomic E-state index is 13.3. The van der Waals surface area contributed by atoms with Gasteiger partial charge in [-0.3, -0.25) is 9.59 Å². The van der Waals surface area contributed by atoms with Crippen molar-refractivity contribution in [3.8, 4) is 0 Å². The van der Waals surface area contributed by atoms with Crippen LogP contribution in [0.5, 0.6) is 0 Å². The first-order chi connectivity index (χ1) is 18.4. The molecule has 0 aromatic heterocycles. The molecule has 2 saturated heterocycles. The Morgan fingerprint density at radius 2 is 1.37 bits per heavy atom. The number of fused-ring (bicyclic) bond motifs is 1. The van der Waals surface area contributed by atoms with Gasteiger partial charge in [-0.05, 0) is 54.4 Å². The maximum Gasteiger partial charge on any atom is 0.254 e. The topological polar surface area (TPSA) is 72.9 Å². The van der Waals surface area contributed by atoms with Crippen molar-refractivity contribution in [2.24, 2.45) is 11.8 Å². The second-order valence-electron chi connectivity index (χ2n) is 10.8. The van der Waals surface area contributed by atoms with E-state index in [1.807, 2.05) is 85.5 Å². The Labute approximate surface area is 225 Å². The van der Waals surface area contributed by atoms with Crippen LogP contribution in [0.1, 0.15) is 51.2 Å². The Morgan fingerprint density at radius 3 is 1.95 bits per heavy atom. The van der Waals surface area contributed by atoms with Gasteiger partial charge in [-0.1, -0.05) is 78.9 Å². The van der Waals surface area contributed by atoms with Crippen LogP contribution in [0.2, 0.25) is 0 Å². The van der Waals surface area contributed by atoms with Crippen molar-refractivity contribution in [2.75, 3.05) is 32.7 Å². The minimum absolute atomic E-state index is 0.158. The fourth-order valence-electron chi connectivity index (χ4n) is 6.11. The third-order valence-electron chi connectivity index (χ3n) is 8.16. The van der Waals surface area contributed by atoms with Crippen LogP contribution < -0.4 is 5.32 Å². The molecule has 0 saturated carbocycles. The van der Waals surface area contributed by atoms with E-state index < -0.39 is 6.10 Å². The summed E-state index contributed by atoms with van der Waals surface area (Å²) < 4.78 is 0. The van der Waals surface area contributed by atoms with Gasteiger partial charge in [-0.25, -0.2) is 0 Å². The summed E-state index contributed by atoms with van der Waals surface area (Å²) in [6.07, 6.45) is -0.448. The summed E-state index contributed by atoms with van der Waals surface area (Å²) in [4.78, 5) is 30.7. The highest BCUT2D eigenvalue weighted by molar-refractivity contribution is 5.97. The number of hydrogen-bond donors (Lipinski definition) is 2. The molecule has 3 unspecified atom stereocenters. The van der Waals surface area contributed by atoms with Crippen molar-refractivity contribution in [2.45, 2.75) is 32.4 Å². The fraction of sp³-hybridized carbons (Fsp3) is 0.375. The minimum atomic E-state index is -1.20. The number of carbonyl (C=O) groups is 2. The van der Waals surface area contributed by atoms with Gasteiger partial charge in [0.05, 0.1) is 6.04 Å². The van der Waals surface area contributed by atoms with Crippen LogP contribution in [0.4, 0.5) is 0 Å². The van der Waals surface area contributed by atoms with E-state index in [0.29, 0.717) is 17.4 Å². The summed E-state index contributed by atoms with van der Waals surface area (Å²) in [7, 11) is 0. The van der Waals surface area contributed by atoms with Gasteiger partial charge in [-0.2, -0.15) is 0 Å². The highest BCUT2D eigenvalue weighted by atomic mass is 16.3. The standard InChI is InChI=1S/C32H37N3O3/c1-22-10-9-11-23(2)29(22)32(38)35-20-26-18-34(19-27(26)21-35)17-16-28(24-12-5-3-6-13-24)33-31(37)30(36)25-14-7-4-8-15-25/h3-15,26-28,30,36H,16-21H2,1-2H3,(H,33,37)/t26?,27?,28-,30?/m0/s1. The molecule has 2 aliphatic heterocycles. The quantitative estimate of drug-likeness (QED) is 0.473. The van der Waals surface area contributed by atoms with Gasteiger partial charge in [0.1, 0.15) is 0 Å². The Hall–Kier alpha value is -3.48. The van der Waals surface area contributed by atoms with E-state index in [1.54, 1.807) is 12.1 Å². The van der Waals surface area contributed by atoms with Crippen molar-refractivity contribution < 1.29 is 14.7 Å². The van der Waals surface area contributed by atoms with E-state index >= 15 is 0 Å². The van der Waals surface area contributed by atoms with E-state index in [1.165, 1.54) is 0 Å². The van der Waals surface area contributed by atoms with Crippen LogP contribution in [0.25, 0.3) is 0 Å². The lowest BCUT2D eigenvalue weighted by Crippen LogP contribution is -2.36. The van der Waals surface area contributed by atoms with Crippen LogP contribution in [0, 0.1) is 25.7 Å². The fourth-order valence-corrected chi connectivity index (χ4v) is 6.11.